The minimum Gasteiger partial charge on any atom is -0.445 e. The lowest BCUT2D eigenvalue weighted by molar-refractivity contribution is 0.0146. The summed E-state index contributed by atoms with van der Waals surface area (Å²) in [6.07, 6.45) is -5.47. The topological polar surface area (TPSA) is 58.6 Å². The number of carbonyl (C=O) groups is 1. The molecule has 2 atom stereocenters. The Morgan fingerprint density at radius 1 is 1.04 bits per heavy atom. The molecule has 0 heterocycles. The van der Waals surface area contributed by atoms with Crippen molar-refractivity contribution in [3.63, 3.8) is 0 Å². The van der Waals surface area contributed by atoms with Gasteiger partial charge in [-0.05, 0) is 11.1 Å². The number of benzene rings is 2. The Bertz CT molecular complexity index is 608. The van der Waals surface area contributed by atoms with E-state index in [4.69, 9.17) is 4.74 Å². The predicted molar refractivity (Wildman–Crippen MR) is 81.0 cm³/mol. The first-order chi connectivity index (χ1) is 11.1. The summed E-state index contributed by atoms with van der Waals surface area (Å²) in [7, 11) is 0. The summed E-state index contributed by atoms with van der Waals surface area (Å²) in [5.41, 5.74) is 1.03. The summed E-state index contributed by atoms with van der Waals surface area (Å²) in [5.74, 6) is 0. The molecule has 0 saturated carbocycles. The van der Waals surface area contributed by atoms with Crippen LogP contribution in [0.25, 0.3) is 0 Å². The van der Waals surface area contributed by atoms with Crippen molar-refractivity contribution in [2.24, 2.45) is 0 Å². The number of carbonyl (C=O) groups excluding carboxylic acids is 1. The van der Waals surface area contributed by atoms with Gasteiger partial charge in [0.1, 0.15) is 18.8 Å². The first-order valence-corrected chi connectivity index (χ1v) is 7.06. The van der Waals surface area contributed by atoms with E-state index in [2.05, 4.69) is 0 Å². The van der Waals surface area contributed by atoms with E-state index in [1.54, 1.807) is 42.5 Å². The summed E-state index contributed by atoms with van der Waals surface area (Å²) in [6, 6.07) is 15.1. The van der Waals surface area contributed by atoms with E-state index in [0.29, 0.717) is 5.56 Å². The minimum atomic E-state index is -2.94. The van der Waals surface area contributed by atoms with Gasteiger partial charge in [0.25, 0.3) is 6.43 Å². The fourth-order valence-corrected chi connectivity index (χ4v) is 2.04. The molecule has 0 saturated heterocycles. The van der Waals surface area contributed by atoms with E-state index in [1.807, 2.05) is 11.4 Å². The Hall–Kier alpha value is -2.47. The molecular formula is C17H17F2NO3. The van der Waals surface area contributed by atoms with Crippen LogP contribution < -0.4 is 5.32 Å². The van der Waals surface area contributed by atoms with Gasteiger partial charge >= 0.3 is 6.09 Å². The Balaban J connectivity index is 1.95. The Labute approximate surface area is 132 Å². The fourth-order valence-electron chi connectivity index (χ4n) is 2.04. The van der Waals surface area contributed by atoms with Crippen molar-refractivity contribution in [3.05, 3.63) is 71.8 Å². The molecule has 0 unspecified atom stereocenters. The molecule has 1 amide bonds. The standard InChI is InChI=1S/C17H17F2NO3/c18-16(19)14(15(21)13-9-5-2-6-10-13)20-17(22)23-11-12-7-3-1-4-8-12/h1-10,14-16,21H,11H2,(H,20,22)/t14-,15+/m1/s1. The summed E-state index contributed by atoms with van der Waals surface area (Å²) in [6.45, 7) is -0.0376. The number of halogens is 2. The Kier molecular flexibility index (Phi) is 6.05. The first kappa shape index (κ1) is 16.9. The van der Waals surface area contributed by atoms with Crippen molar-refractivity contribution in [2.75, 3.05) is 0 Å². The van der Waals surface area contributed by atoms with E-state index in [1.165, 1.54) is 12.1 Å². The molecule has 2 aromatic carbocycles. The minimum absolute atomic E-state index is 0.0376. The molecule has 4 nitrogen and oxygen atoms in total. The average Bonchev–Trinajstić information content (AvgIpc) is 2.58. The van der Waals surface area contributed by atoms with Crippen molar-refractivity contribution in [3.8, 4) is 0 Å². The number of alkyl carbamates (subject to hydrolysis) is 1. The molecule has 122 valence electrons. The van der Waals surface area contributed by atoms with Gasteiger partial charge in [-0.25, -0.2) is 13.6 Å². The molecule has 6 heteroatoms. The van der Waals surface area contributed by atoms with Gasteiger partial charge in [0.15, 0.2) is 0 Å². The number of nitrogens with one attached hydrogen (secondary N) is 1. The number of hydrogen-bond donors (Lipinski definition) is 2. The van der Waals surface area contributed by atoms with Gasteiger partial charge in [0.05, 0.1) is 0 Å². The third kappa shape index (κ3) is 5.03. The molecule has 0 fully saturated rings. The number of amides is 1. The third-order valence-corrected chi connectivity index (χ3v) is 3.25. The van der Waals surface area contributed by atoms with Crippen LogP contribution in [0.2, 0.25) is 0 Å². The van der Waals surface area contributed by atoms with Crippen LogP contribution in [0.15, 0.2) is 60.7 Å². The molecule has 2 N–H and O–H groups in total. The maximum Gasteiger partial charge on any atom is 0.407 e. The number of aliphatic hydroxyl groups excluding tert-OH is 1. The van der Waals surface area contributed by atoms with Crippen LogP contribution in [0.3, 0.4) is 0 Å². The number of alkyl halides is 2. The number of hydrogen-bond acceptors (Lipinski definition) is 3. The lowest BCUT2D eigenvalue weighted by Gasteiger charge is -2.23. The second-order valence-corrected chi connectivity index (χ2v) is 4.92. The van der Waals surface area contributed by atoms with Gasteiger partial charge in [-0.15, -0.1) is 0 Å². The predicted octanol–water partition coefficient (Wildman–Crippen LogP) is 3.28. The lowest BCUT2D eigenvalue weighted by Crippen LogP contribution is -2.44. The zero-order valence-electron chi connectivity index (χ0n) is 12.2. The normalized spacial score (nSPS) is 13.4. The summed E-state index contributed by atoms with van der Waals surface area (Å²) in [5, 5.41) is 12.1. The maximum absolute atomic E-state index is 13.1. The van der Waals surface area contributed by atoms with Crippen molar-refractivity contribution in [1.29, 1.82) is 0 Å². The van der Waals surface area contributed by atoms with Crippen LogP contribution in [0.5, 0.6) is 0 Å². The molecule has 23 heavy (non-hydrogen) atoms. The van der Waals surface area contributed by atoms with Crippen LogP contribution in [0.4, 0.5) is 13.6 Å². The Morgan fingerprint density at radius 3 is 2.17 bits per heavy atom. The van der Waals surface area contributed by atoms with Crippen LogP contribution >= 0.6 is 0 Å². The van der Waals surface area contributed by atoms with E-state index in [9.17, 15) is 18.7 Å². The summed E-state index contributed by atoms with van der Waals surface area (Å²) in [4.78, 5) is 11.7. The van der Waals surface area contributed by atoms with Gasteiger partial charge in [-0.1, -0.05) is 60.7 Å². The van der Waals surface area contributed by atoms with E-state index < -0.39 is 24.7 Å². The molecular weight excluding hydrogens is 304 g/mol. The lowest BCUT2D eigenvalue weighted by atomic mass is 10.0. The highest BCUT2D eigenvalue weighted by molar-refractivity contribution is 5.67. The first-order valence-electron chi connectivity index (χ1n) is 7.06. The smallest absolute Gasteiger partial charge is 0.407 e. The van der Waals surface area contributed by atoms with E-state index in [0.717, 1.165) is 5.56 Å². The molecule has 2 rings (SSSR count). The largest absolute Gasteiger partial charge is 0.445 e. The zero-order valence-corrected chi connectivity index (χ0v) is 12.2. The number of rotatable bonds is 6. The highest BCUT2D eigenvalue weighted by Gasteiger charge is 2.31. The van der Waals surface area contributed by atoms with Crippen molar-refractivity contribution in [1.82, 2.24) is 5.32 Å². The quantitative estimate of drug-likeness (QED) is 0.858. The summed E-state index contributed by atoms with van der Waals surface area (Å²) >= 11 is 0. The fraction of sp³-hybridized carbons (Fsp3) is 0.235. The average molecular weight is 321 g/mol. The highest BCUT2D eigenvalue weighted by Crippen LogP contribution is 2.21. The molecule has 0 radical (unpaired) electrons. The van der Waals surface area contributed by atoms with Crippen LogP contribution in [-0.4, -0.2) is 23.7 Å². The van der Waals surface area contributed by atoms with E-state index in [-0.39, 0.29) is 6.61 Å². The van der Waals surface area contributed by atoms with Crippen molar-refractivity contribution in [2.45, 2.75) is 25.2 Å². The molecule has 0 aliphatic rings. The van der Waals surface area contributed by atoms with Gasteiger partial charge in [0, 0.05) is 0 Å². The third-order valence-electron chi connectivity index (χ3n) is 3.25. The van der Waals surface area contributed by atoms with Crippen molar-refractivity contribution < 1.29 is 23.4 Å². The Morgan fingerprint density at radius 2 is 1.61 bits per heavy atom. The second-order valence-electron chi connectivity index (χ2n) is 4.92. The SMILES string of the molecule is O=C(N[C@@H](C(F)F)[C@@H](O)c1ccccc1)OCc1ccccc1. The summed E-state index contributed by atoms with van der Waals surface area (Å²) < 4.78 is 31.2. The van der Waals surface area contributed by atoms with Crippen LogP contribution in [0, 0.1) is 0 Å². The molecule has 0 aliphatic carbocycles. The van der Waals surface area contributed by atoms with Gasteiger partial charge < -0.3 is 15.2 Å². The number of aliphatic hydroxyl groups is 1. The van der Waals surface area contributed by atoms with Crippen LogP contribution in [0.1, 0.15) is 17.2 Å². The van der Waals surface area contributed by atoms with Gasteiger partial charge in [0.2, 0.25) is 0 Å². The van der Waals surface area contributed by atoms with Crippen molar-refractivity contribution >= 4 is 6.09 Å². The molecule has 0 aliphatic heterocycles. The molecule has 0 aromatic heterocycles. The number of ether oxygens (including phenoxy) is 1. The van der Waals surface area contributed by atoms with E-state index >= 15 is 0 Å². The monoisotopic (exact) mass is 321 g/mol. The second kappa shape index (κ2) is 8.24. The molecule has 0 spiro atoms. The maximum atomic E-state index is 13.1. The zero-order chi connectivity index (χ0) is 16.7. The molecule has 2 aromatic rings. The van der Waals surface area contributed by atoms with Gasteiger partial charge in [-0.3, -0.25) is 0 Å². The van der Waals surface area contributed by atoms with Crippen LogP contribution in [-0.2, 0) is 11.3 Å². The molecule has 0 bridgehead atoms. The van der Waals surface area contributed by atoms with Gasteiger partial charge in [-0.2, -0.15) is 0 Å². The highest BCUT2D eigenvalue weighted by atomic mass is 19.3.